The second kappa shape index (κ2) is 8.06. The number of rotatable bonds is 5. The van der Waals surface area contributed by atoms with E-state index in [9.17, 15) is 19.5 Å². The predicted octanol–water partition coefficient (Wildman–Crippen LogP) is 1.57. The van der Waals surface area contributed by atoms with E-state index in [1.165, 1.54) is 13.0 Å². The van der Waals surface area contributed by atoms with E-state index in [4.69, 9.17) is 9.47 Å². The molecule has 0 bridgehead atoms. The minimum absolute atomic E-state index is 0.0795. The van der Waals surface area contributed by atoms with Crippen LogP contribution in [-0.4, -0.2) is 41.6 Å². The molecule has 0 heterocycles. The second-order valence-electron chi connectivity index (χ2n) is 5.94. The van der Waals surface area contributed by atoms with Gasteiger partial charge in [-0.25, -0.2) is 4.79 Å². The van der Waals surface area contributed by atoms with Gasteiger partial charge in [-0.1, -0.05) is 19.9 Å². The number of ketones is 1. The molecule has 128 valence electrons. The Morgan fingerprint density at radius 3 is 2.43 bits per heavy atom. The lowest BCUT2D eigenvalue weighted by Gasteiger charge is -2.35. The molecule has 1 N–H and O–H groups in total. The van der Waals surface area contributed by atoms with Gasteiger partial charge in [-0.3, -0.25) is 9.59 Å². The van der Waals surface area contributed by atoms with Crippen molar-refractivity contribution in [3.8, 4) is 0 Å². The number of Topliss-reactive ketones (excluding diaryl/α,β-unsaturated/α-hetero) is 1. The Labute approximate surface area is 136 Å². The van der Waals surface area contributed by atoms with Gasteiger partial charge in [0.15, 0.2) is 5.78 Å². The average Bonchev–Trinajstić information content (AvgIpc) is 2.47. The highest BCUT2D eigenvalue weighted by Gasteiger charge is 2.42. The molecule has 23 heavy (non-hydrogen) atoms. The fourth-order valence-electron chi connectivity index (χ4n) is 2.43. The normalized spacial score (nSPS) is 25.2. The SMILES string of the molecule is C/C=C(\C)C(=O)O[C@H]1C=C(COC(C)=O)C(=O)[C@H](O)[C@H]1C(C)C. The van der Waals surface area contributed by atoms with Crippen molar-refractivity contribution in [2.75, 3.05) is 6.61 Å². The van der Waals surface area contributed by atoms with Gasteiger partial charge >= 0.3 is 11.9 Å². The molecule has 1 aliphatic rings. The maximum absolute atomic E-state index is 12.2. The van der Waals surface area contributed by atoms with Crippen LogP contribution in [0, 0.1) is 11.8 Å². The van der Waals surface area contributed by atoms with E-state index in [2.05, 4.69) is 0 Å². The van der Waals surface area contributed by atoms with Crippen LogP contribution < -0.4 is 0 Å². The minimum atomic E-state index is -1.30. The van der Waals surface area contributed by atoms with Crippen LogP contribution >= 0.6 is 0 Å². The number of ether oxygens (including phenoxy) is 2. The Hall–Kier alpha value is -1.95. The van der Waals surface area contributed by atoms with Gasteiger partial charge in [0.1, 0.15) is 18.8 Å². The van der Waals surface area contributed by atoms with Crippen molar-refractivity contribution in [1.82, 2.24) is 0 Å². The van der Waals surface area contributed by atoms with Crippen LogP contribution in [0.3, 0.4) is 0 Å². The third-order valence-corrected chi connectivity index (χ3v) is 3.89. The topological polar surface area (TPSA) is 89.9 Å². The number of allylic oxidation sites excluding steroid dienone is 1. The Balaban J connectivity index is 3.09. The van der Waals surface area contributed by atoms with Crippen LogP contribution in [0.15, 0.2) is 23.3 Å². The number of hydrogen-bond acceptors (Lipinski definition) is 6. The number of carbonyl (C=O) groups excluding carboxylic acids is 3. The number of aliphatic hydroxyl groups excluding tert-OH is 1. The van der Waals surface area contributed by atoms with E-state index in [1.54, 1.807) is 19.9 Å². The maximum Gasteiger partial charge on any atom is 0.333 e. The zero-order valence-corrected chi connectivity index (χ0v) is 14.2. The van der Waals surface area contributed by atoms with Crippen molar-refractivity contribution in [1.29, 1.82) is 0 Å². The number of esters is 2. The van der Waals surface area contributed by atoms with Crippen molar-refractivity contribution in [3.63, 3.8) is 0 Å². The molecule has 0 fully saturated rings. The molecule has 0 saturated carbocycles. The van der Waals surface area contributed by atoms with Gasteiger partial charge < -0.3 is 14.6 Å². The van der Waals surface area contributed by atoms with Gasteiger partial charge in [-0.05, 0) is 25.8 Å². The molecule has 0 aliphatic heterocycles. The summed E-state index contributed by atoms with van der Waals surface area (Å²) in [5.41, 5.74) is 0.578. The molecular formula is C17H24O6. The monoisotopic (exact) mass is 324 g/mol. The molecule has 0 amide bonds. The molecule has 0 spiro atoms. The van der Waals surface area contributed by atoms with Crippen LogP contribution in [0.25, 0.3) is 0 Å². The number of aliphatic hydroxyl groups is 1. The molecule has 0 aromatic heterocycles. The number of carbonyl (C=O) groups is 3. The lowest BCUT2D eigenvalue weighted by molar-refractivity contribution is -0.152. The van der Waals surface area contributed by atoms with E-state index < -0.39 is 35.8 Å². The maximum atomic E-state index is 12.2. The highest BCUT2D eigenvalue weighted by Crippen LogP contribution is 2.31. The molecule has 0 unspecified atom stereocenters. The van der Waals surface area contributed by atoms with Crippen LogP contribution in [0.5, 0.6) is 0 Å². The van der Waals surface area contributed by atoms with Crippen molar-refractivity contribution >= 4 is 17.7 Å². The van der Waals surface area contributed by atoms with Crippen LogP contribution in [0.2, 0.25) is 0 Å². The zero-order valence-electron chi connectivity index (χ0n) is 14.2. The third-order valence-electron chi connectivity index (χ3n) is 3.89. The number of hydrogen-bond donors (Lipinski definition) is 1. The summed E-state index contributed by atoms with van der Waals surface area (Å²) >= 11 is 0. The first-order valence-corrected chi connectivity index (χ1v) is 7.59. The predicted molar refractivity (Wildman–Crippen MR) is 83.4 cm³/mol. The summed E-state index contributed by atoms with van der Waals surface area (Å²) in [4.78, 5) is 35.1. The van der Waals surface area contributed by atoms with Crippen molar-refractivity contribution in [2.45, 2.75) is 46.8 Å². The van der Waals surface area contributed by atoms with Crippen molar-refractivity contribution in [3.05, 3.63) is 23.3 Å². The Kier molecular flexibility index (Phi) is 6.69. The zero-order chi connectivity index (χ0) is 17.7. The van der Waals surface area contributed by atoms with Gasteiger partial charge in [-0.2, -0.15) is 0 Å². The minimum Gasteiger partial charge on any atom is -0.461 e. The van der Waals surface area contributed by atoms with Crippen LogP contribution in [-0.2, 0) is 23.9 Å². The first-order chi connectivity index (χ1) is 10.7. The van der Waals surface area contributed by atoms with E-state index >= 15 is 0 Å². The summed E-state index contributed by atoms with van der Waals surface area (Å²) in [7, 11) is 0. The molecule has 0 aromatic rings. The summed E-state index contributed by atoms with van der Waals surface area (Å²) in [6.07, 6.45) is 1.05. The van der Waals surface area contributed by atoms with Gasteiger partial charge in [-0.15, -0.1) is 0 Å². The van der Waals surface area contributed by atoms with Crippen LogP contribution in [0.4, 0.5) is 0 Å². The van der Waals surface area contributed by atoms with E-state index in [1.807, 2.05) is 13.8 Å². The molecule has 0 saturated heterocycles. The van der Waals surface area contributed by atoms with Crippen molar-refractivity contribution in [2.24, 2.45) is 11.8 Å². The summed E-state index contributed by atoms with van der Waals surface area (Å²) in [5.74, 6) is -2.16. The fourth-order valence-corrected chi connectivity index (χ4v) is 2.43. The third kappa shape index (κ3) is 4.76. The van der Waals surface area contributed by atoms with E-state index in [-0.39, 0.29) is 18.1 Å². The molecule has 1 aliphatic carbocycles. The second-order valence-corrected chi connectivity index (χ2v) is 5.94. The van der Waals surface area contributed by atoms with E-state index in [0.717, 1.165) is 0 Å². The fraction of sp³-hybridized carbons (Fsp3) is 0.588. The molecule has 0 radical (unpaired) electrons. The van der Waals surface area contributed by atoms with Gasteiger partial charge in [0.05, 0.1) is 0 Å². The first kappa shape index (κ1) is 19.1. The standard InChI is InChI=1S/C17H24O6/c1-6-10(4)17(21)23-13-7-12(8-22-11(5)18)15(19)16(20)14(13)9(2)3/h6-7,9,13-14,16,20H,8H2,1-5H3/b10-6+/t13-,14-,16+/m0/s1. The molecule has 0 aromatic carbocycles. The van der Waals surface area contributed by atoms with Crippen molar-refractivity contribution < 1.29 is 29.0 Å². The Bertz CT molecular complexity index is 543. The Morgan fingerprint density at radius 1 is 1.35 bits per heavy atom. The van der Waals surface area contributed by atoms with Gasteiger partial charge in [0.25, 0.3) is 0 Å². The summed E-state index contributed by atoms with van der Waals surface area (Å²) in [6.45, 7) is 8.02. The summed E-state index contributed by atoms with van der Waals surface area (Å²) < 4.78 is 10.3. The molecule has 6 nitrogen and oxygen atoms in total. The molecule has 1 rings (SSSR count). The van der Waals surface area contributed by atoms with Gasteiger partial charge in [0, 0.05) is 24.0 Å². The van der Waals surface area contributed by atoms with E-state index in [0.29, 0.717) is 5.57 Å². The molecular weight excluding hydrogens is 300 g/mol. The highest BCUT2D eigenvalue weighted by molar-refractivity contribution is 6.00. The largest absolute Gasteiger partial charge is 0.461 e. The molecule has 3 atom stereocenters. The summed E-state index contributed by atoms with van der Waals surface area (Å²) in [5, 5.41) is 10.3. The smallest absolute Gasteiger partial charge is 0.333 e. The summed E-state index contributed by atoms with van der Waals surface area (Å²) in [6, 6.07) is 0. The van der Waals surface area contributed by atoms with Crippen LogP contribution in [0.1, 0.15) is 34.6 Å². The Morgan fingerprint density at radius 2 is 1.96 bits per heavy atom. The average molecular weight is 324 g/mol. The quantitative estimate of drug-likeness (QED) is 0.610. The van der Waals surface area contributed by atoms with Gasteiger partial charge in [0.2, 0.25) is 0 Å². The lowest BCUT2D eigenvalue weighted by Crippen LogP contribution is -2.46. The highest BCUT2D eigenvalue weighted by atomic mass is 16.5. The molecule has 6 heteroatoms. The lowest BCUT2D eigenvalue weighted by atomic mass is 9.77. The first-order valence-electron chi connectivity index (χ1n) is 7.59.